The van der Waals surface area contributed by atoms with Gasteiger partial charge in [0.15, 0.2) is 0 Å². The number of hydrogen-bond acceptors (Lipinski definition) is 3. The number of benzene rings is 1. The van der Waals surface area contributed by atoms with Crippen molar-refractivity contribution in [1.82, 2.24) is 5.32 Å². The lowest BCUT2D eigenvalue weighted by Gasteiger charge is -2.19. The van der Waals surface area contributed by atoms with Gasteiger partial charge in [0.25, 0.3) is 0 Å². The molecular formula is C12H15NO4. The summed E-state index contributed by atoms with van der Waals surface area (Å²) in [4.78, 5) is 21.4. The van der Waals surface area contributed by atoms with Gasteiger partial charge in [-0.25, -0.2) is 0 Å². The number of hydrogen-bond donors (Lipinski definition) is 3. The minimum atomic E-state index is -1.16. The van der Waals surface area contributed by atoms with Gasteiger partial charge in [-0.05, 0) is 12.5 Å². The van der Waals surface area contributed by atoms with Gasteiger partial charge >= 0.3 is 11.9 Å². The predicted molar refractivity (Wildman–Crippen MR) is 61.7 cm³/mol. The summed E-state index contributed by atoms with van der Waals surface area (Å²) < 4.78 is 0. The lowest BCUT2D eigenvalue weighted by Crippen LogP contribution is -2.39. The normalized spacial score (nSPS) is 13.9. The van der Waals surface area contributed by atoms with Crippen LogP contribution >= 0.6 is 0 Å². The molecule has 1 aromatic carbocycles. The highest BCUT2D eigenvalue weighted by Gasteiger charge is 2.22. The molecule has 5 nitrogen and oxygen atoms in total. The number of nitrogens with one attached hydrogen (secondary N) is 1. The lowest BCUT2D eigenvalue weighted by molar-refractivity contribution is -0.146. The second kappa shape index (κ2) is 6.00. The smallest absolute Gasteiger partial charge is 0.321 e. The van der Waals surface area contributed by atoms with Crippen molar-refractivity contribution in [3.8, 4) is 0 Å². The van der Waals surface area contributed by atoms with Crippen LogP contribution in [-0.4, -0.2) is 28.2 Å². The summed E-state index contributed by atoms with van der Waals surface area (Å²) in [5, 5.41) is 20.3. The van der Waals surface area contributed by atoms with Crippen LogP contribution in [0.3, 0.4) is 0 Å². The molecule has 17 heavy (non-hydrogen) atoms. The monoisotopic (exact) mass is 237 g/mol. The van der Waals surface area contributed by atoms with E-state index in [1.807, 2.05) is 30.3 Å². The van der Waals surface area contributed by atoms with E-state index < -0.39 is 24.4 Å². The Morgan fingerprint density at radius 1 is 1.24 bits per heavy atom. The third-order valence-electron chi connectivity index (χ3n) is 2.43. The number of carboxylic acids is 2. The predicted octanol–water partition coefficient (Wildman–Crippen LogP) is 1.27. The van der Waals surface area contributed by atoms with E-state index >= 15 is 0 Å². The van der Waals surface area contributed by atoms with Gasteiger partial charge in [-0.1, -0.05) is 30.3 Å². The summed E-state index contributed by atoms with van der Waals surface area (Å²) in [6, 6.07) is 7.98. The molecule has 2 atom stereocenters. The number of carboxylic acid groups (broad SMARTS) is 2. The Labute approximate surface area is 99.1 Å². The van der Waals surface area contributed by atoms with E-state index in [4.69, 9.17) is 10.2 Å². The zero-order valence-corrected chi connectivity index (χ0v) is 9.46. The highest BCUT2D eigenvalue weighted by Crippen LogP contribution is 2.12. The van der Waals surface area contributed by atoms with Crippen LogP contribution in [0, 0.1) is 0 Å². The largest absolute Gasteiger partial charge is 0.481 e. The molecule has 0 bridgehead atoms. The molecule has 0 saturated heterocycles. The van der Waals surface area contributed by atoms with Crippen molar-refractivity contribution in [2.24, 2.45) is 0 Å². The first-order valence-electron chi connectivity index (χ1n) is 5.26. The maximum atomic E-state index is 10.9. The maximum absolute atomic E-state index is 10.9. The van der Waals surface area contributed by atoms with Crippen LogP contribution in [0.1, 0.15) is 24.9 Å². The fourth-order valence-electron chi connectivity index (χ4n) is 1.53. The van der Waals surface area contributed by atoms with Crippen molar-refractivity contribution in [3.05, 3.63) is 35.9 Å². The summed E-state index contributed by atoms with van der Waals surface area (Å²) in [5.41, 5.74) is 0.920. The molecule has 0 spiro atoms. The van der Waals surface area contributed by atoms with Crippen molar-refractivity contribution >= 4 is 11.9 Å². The molecule has 0 saturated carbocycles. The summed E-state index contributed by atoms with van der Waals surface area (Å²) in [6.45, 7) is 1.80. The summed E-state index contributed by atoms with van der Waals surface area (Å²) in [5.74, 6) is -2.29. The fourth-order valence-corrected chi connectivity index (χ4v) is 1.53. The van der Waals surface area contributed by atoms with Crippen LogP contribution in [0.25, 0.3) is 0 Å². The van der Waals surface area contributed by atoms with Crippen molar-refractivity contribution in [3.63, 3.8) is 0 Å². The molecule has 92 valence electrons. The number of aliphatic carboxylic acids is 2. The standard InChI is InChI=1S/C12H15NO4/c1-8(9-5-3-2-4-6-9)13-10(12(16)17)7-11(14)15/h2-6,8,10,13H,7H2,1H3,(H,14,15)(H,16,17). The fraction of sp³-hybridized carbons (Fsp3) is 0.333. The van der Waals surface area contributed by atoms with E-state index in [1.165, 1.54) is 0 Å². The summed E-state index contributed by atoms with van der Waals surface area (Å²) in [6.07, 6.45) is -0.438. The first-order chi connectivity index (χ1) is 8.00. The molecule has 2 unspecified atom stereocenters. The van der Waals surface area contributed by atoms with E-state index in [9.17, 15) is 9.59 Å². The molecular weight excluding hydrogens is 222 g/mol. The van der Waals surface area contributed by atoms with Gasteiger partial charge in [0, 0.05) is 6.04 Å². The Kier molecular flexibility index (Phi) is 4.66. The zero-order chi connectivity index (χ0) is 12.8. The summed E-state index contributed by atoms with van der Waals surface area (Å²) in [7, 11) is 0. The maximum Gasteiger partial charge on any atom is 0.321 e. The molecule has 0 heterocycles. The Balaban J connectivity index is 2.67. The van der Waals surface area contributed by atoms with Crippen molar-refractivity contribution in [2.75, 3.05) is 0 Å². The van der Waals surface area contributed by atoms with Gasteiger partial charge in [0.1, 0.15) is 6.04 Å². The number of carbonyl (C=O) groups is 2. The quantitative estimate of drug-likeness (QED) is 0.693. The highest BCUT2D eigenvalue weighted by molar-refractivity contribution is 5.80. The second-order valence-corrected chi connectivity index (χ2v) is 3.79. The van der Waals surface area contributed by atoms with Gasteiger partial charge in [-0.2, -0.15) is 0 Å². The van der Waals surface area contributed by atoms with Crippen LogP contribution in [0.4, 0.5) is 0 Å². The van der Waals surface area contributed by atoms with E-state index in [0.717, 1.165) is 5.56 Å². The van der Waals surface area contributed by atoms with Crippen molar-refractivity contribution in [1.29, 1.82) is 0 Å². The Bertz CT molecular complexity index is 391. The molecule has 0 amide bonds. The molecule has 1 aromatic rings. The van der Waals surface area contributed by atoms with Crippen LogP contribution in [0.15, 0.2) is 30.3 Å². The molecule has 0 fully saturated rings. The molecule has 0 aliphatic heterocycles. The Morgan fingerprint density at radius 2 is 1.82 bits per heavy atom. The van der Waals surface area contributed by atoms with E-state index in [2.05, 4.69) is 5.32 Å². The molecule has 5 heteroatoms. The molecule has 0 aromatic heterocycles. The van der Waals surface area contributed by atoms with E-state index in [1.54, 1.807) is 6.92 Å². The van der Waals surface area contributed by atoms with Gasteiger partial charge < -0.3 is 10.2 Å². The van der Waals surface area contributed by atoms with Crippen molar-refractivity contribution in [2.45, 2.75) is 25.4 Å². The SMILES string of the molecule is CC(NC(CC(=O)O)C(=O)O)c1ccccc1. The molecule has 0 radical (unpaired) electrons. The van der Waals surface area contributed by atoms with Crippen molar-refractivity contribution < 1.29 is 19.8 Å². The van der Waals surface area contributed by atoms with Crippen LogP contribution < -0.4 is 5.32 Å². The molecule has 0 aliphatic rings. The van der Waals surface area contributed by atoms with E-state index in [-0.39, 0.29) is 6.04 Å². The molecule has 1 rings (SSSR count). The number of rotatable bonds is 6. The van der Waals surface area contributed by atoms with Crippen LogP contribution in [-0.2, 0) is 9.59 Å². The molecule has 3 N–H and O–H groups in total. The average Bonchev–Trinajstić information content (AvgIpc) is 2.28. The van der Waals surface area contributed by atoms with Gasteiger partial charge in [-0.3, -0.25) is 14.9 Å². The average molecular weight is 237 g/mol. The first-order valence-corrected chi connectivity index (χ1v) is 5.26. The lowest BCUT2D eigenvalue weighted by atomic mass is 10.1. The van der Waals surface area contributed by atoms with Gasteiger partial charge in [0.2, 0.25) is 0 Å². The zero-order valence-electron chi connectivity index (χ0n) is 9.46. The van der Waals surface area contributed by atoms with Gasteiger partial charge in [0.05, 0.1) is 6.42 Å². The van der Waals surface area contributed by atoms with Crippen LogP contribution in [0.2, 0.25) is 0 Å². The molecule has 0 aliphatic carbocycles. The summed E-state index contributed by atoms with van der Waals surface area (Å²) >= 11 is 0. The van der Waals surface area contributed by atoms with E-state index in [0.29, 0.717) is 0 Å². The Morgan fingerprint density at radius 3 is 2.29 bits per heavy atom. The minimum absolute atomic E-state index is 0.211. The highest BCUT2D eigenvalue weighted by atomic mass is 16.4. The van der Waals surface area contributed by atoms with Crippen LogP contribution in [0.5, 0.6) is 0 Å². The van der Waals surface area contributed by atoms with Gasteiger partial charge in [-0.15, -0.1) is 0 Å². The second-order valence-electron chi connectivity index (χ2n) is 3.79. The third kappa shape index (κ3) is 4.24. The minimum Gasteiger partial charge on any atom is -0.481 e. The third-order valence-corrected chi connectivity index (χ3v) is 2.43. The topological polar surface area (TPSA) is 86.6 Å². The Hall–Kier alpha value is -1.88. The first kappa shape index (κ1) is 13.2.